The number of nitrogens with two attached hydrogens (primary N) is 1. The summed E-state index contributed by atoms with van der Waals surface area (Å²) in [6, 6.07) is 0.0575. The van der Waals surface area contributed by atoms with E-state index < -0.39 is 0 Å². The summed E-state index contributed by atoms with van der Waals surface area (Å²) in [4.78, 5) is 0. The van der Waals surface area contributed by atoms with E-state index in [0.717, 1.165) is 22.1 Å². The minimum Gasteiger partial charge on any atom is -0.322 e. The Morgan fingerprint density at radius 3 is 2.45 bits per heavy atom. The van der Waals surface area contributed by atoms with E-state index in [0.29, 0.717) is 5.41 Å². The van der Waals surface area contributed by atoms with Gasteiger partial charge in [0.25, 0.3) is 0 Å². The second-order valence-corrected chi connectivity index (χ2v) is 8.75. The molecule has 1 heterocycles. The number of hydrogen-bond donors (Lipinski definition) is 1. The average Bonchev–Trinajstić information content (AvgIpc) is 2.65. The molecule has 4 aliphatic rings. The quantitative estimate of drug-likeness (QED) is 0.900. The van der Waals surface area contributed by atoms with Gasteiger partial charge >= 0.3 is 0 Å². The number of aryl methyl sites for hydroxylation is 1. The highest BCUT2D eigenvalue weighted by Crippen LogP contribution is 2.68. The molecule has 0 amide bonds. The maximum absolute atomic E-state index is 6.77. The van der Waals surface area contributed by atoms with Crippen LogP contribution in [0.1, 0.15) is 57.2 Å². The molecule has 4 fully saturated rings. The Hall–Kier alpha value is -0.420. The summed E-state index contributed by atoms with van der Waals surface area (Å²) in [5.74, 6) is 1.79. The zero-order valence-corrected chi connectivity index (χ0v) is 13.9. The molecule has 110 valence electrons. The van der Waals surface area contributed by atoms with E-state index in [2.05, 4.69) is 33.2 Å². The maximum Gasteiger partial charge on any atom is 0.153 e. The molecule has 4 aliphatic carbocycles. The van der Waals surface area contributed by atoms with Crippen molar-refractivity contribution in [1.82, 2.24) is 15.0 Å². The minimum absolute atomic E-state index is 0.0575. The van der Waals surface area contributed by atoms with Gasteiger partial charge in [0.05, 0.1) is 11.7 Å². The Morgan fingerprint density at radius 1 is 1.30 bits per heavy atom. The van der Waals surface area contributed by atoms with Crippen molar-refractivity contribution in [3.05, 3.63) is 10.3 Å². The molecule has 4 nitrogen and oxygen atoms in total. The summed E-state index contributed by atoms with van der Waals surface area (Å²) in [7, 11) is 1.95. The molecular formula is C15H23BrN4. The van der Waals surface area contributed by atoms with Crippen LogP contribution in [0.4, 0.5) is 0 Å². The van der Waals surface area contributed by atoms with Gasteiger partial charge in [-0.25, -0.2) is 4.68 Å². The Bertz CT molecular complexity index is 519. The van der Waals surface area contributed by atoms with E-state index in [1.54, 1.807) is 0 Å². The molecule has 3 atom stereocenters. The number of aromatic nitrogens is 3. The first-order valence-corrected chi connectivity index (χ1v) is 8.51. The van der Waals surface area contributed by atoms with Crippen molar-refractivity contribution in [2.75, 3.05) is 0 Å². The number of nitrogens with zero attached hydrogens (tertiary/aromatic N) is 3. The molecule has 1 aromatic heterocycles. The van der Waals surface area contributed by atoms with E-state index in [4.69, 9.17) is 5.73 Å². The van der Waals surface area contributed by atoms with Crippen LogP contribution in [0, 0.1) is 22.7 Å². The summed E-state index contributed by atoms with van der Waals surface area (Å²) in [5, 5.41) is 8.25. The van der Waals surface area contributed by atoms with E-state index in [9.17, 15) is 0 Å². The van der Waals surface area contributed by atoms with Crippen molar-refractivity contribution in [2.45, 2.75) is 51.5 Å². The highest BCUT2D eigenvalue weighted by molar-refractivity contribution is 9.10. The second-order valence-electron chi connectivity index (χ2n) is 8.00. The Labute approximate surface area is 128 Å². The summed E-state index contributed by atoms with van der Waals surface area (Å²) >= 11 is 3.54. The molecule has 1 aromatic rings. The van der Waals surface area contributed by atoms with Crippen molar-refractivity contribution in [1.29, 1.82) is 0 Å². The second kappa shape index (κ2) is 4.07. The van der Waals surface area contributed by atoms with Crippen LogP contribution in [-0.2, 0) is 7.05 Å². The molecule has 0 aromatic carbocycles. The van der Waals surface area contributed by atoms with Crippen molar-refractivity contribution in [3.8, 4) is 0 Å². The van der Waals surface area contributed by atoms with Gasteiger partial charge in [0.15, 0.2) is 4.60 Å². The predicted molar refractivity (Wildman–Crippen MR) is 80.9 cm³/mol. The third-order valence-electron chi connectivity index (χ3n) is 6.18. The summed E-state index contributed by atoms with van der Waals surface area (Å²) in [6.07, 6.45) is 8.17. The molecule has 3 unspecified atom stereocenters. The lowest BCUT2D eigenvalue weighted by Crippen LogP contribution is -2.54. The fourth-order valence-corrected chi connectivity index (χ4v) is 6.70. The van der Waals surface area contributed by atoms with Crippen LogP contribution in [-0.4, -0.2) is 15.0 Å². The lowest BCUT2D eigenvalue weighted by Gasteiger charge is -2.63. The average molecular weight is 339 g/mol. The molecule has 4 bridgehead atoms. The summed E-state index contributed by atoms with van der Waals surface area (Å²) in [6.45, 7) is 2.49. The maximum atomic E-state index is 6.77. The largest absolute Gasteiger partial charge is 0.322 e. The van der Waals surface area contributed by atoms with Gasteiger partial charge in [0.1, 0.15) is 0 Å². The first-order chi connectivity index (χ1) is 9.41. The van der Waals surface area contributed by atoms with E-state index in [-0.39, 0.29) is 11.5 Å². The first kappa shape index (κ1) is 13.3. The van der Waals surface area contributed by atoms with Crippen LogP contribution >= 0.6 is 15.9 Å². The van der Waals surface area contributed by atoms with Crippen LogP contribution in [0.5, 0.6) is 0 Å². The van der Waals surface area contributed by atoms with Gasteiger partial charge in [0, 0.05) is 7.05 Å². The Balaban J connectivity index is 1.74. The Morgan fingerprint density at radius 2 is 1.95 bits per heavy atom. The fourth-order valence-electron chi connectivity index (χ4n) is 6.12. The lowest BCUT2D eigenvalue weighted by atomic mass is 9.43. The third kappa shape index (κ3) is 1.75. The fraction of sp³-hybridized carbons (Fsp3) is 0.867. The zero-order valence-electron chi connectivity index (χ0n) is 12.3. The molecule has 20 heavy (non-hydrogen) atoms. The van der Waals surface area contributed by atoms with Crippen LogP contribution in [0.3, 0.4) is 0 Å². The zero-order chi connectivity index (χ0) is 14.1. The van der Waals surface area contributed by atoms with E-state index >= 15 is 0 Å². The van der Waals surface area contributed by atoms with E-state index in [1.807, 2.05) is 11.7 Å². The number of hydrogen-bond acceptors (Lipinski definition) is 3. The molecule has 5 rings (SSSR count). The van der Waals surface area contributed by atoms with Crippen molar-refractivity contribution in [3.63, 3.8) is 0 Å². The molecular weight excluding hydrogens is 316 g/mol. The van der Waals surface area contributed by atoms with Crippen LogP contribution < -0.4 is 5.73 Å². The van der Waals surface area contributed by atoms with Crippen molar-refractivity contribution in [2.24, 2.45) is 35.4 Å². The van der Waals surface area contributed by atoms with Gasteiger partial charge in [-0.15, -0.1) is 5.10 Å². The molecule has 2 N–H and O–H groups in total. The molecule has 0 spiro atoms. The minimum atomic E-state index is 0.0575. The van der Waals surface area contributed by atoms with Gasteiger partial charge in [-0.2, -0.15) is 0 Å². The topological polar surface area (TPSA) is 56.7 Å². The highest BCUT2D eigenvalue weighted by Gasteiger charge is 2.58. The molecule has 0 saturated heterocycles. The molecule has 4 saturated carbocycles. The number of rotatable bonds is 2. The van der Waals surface area contributed by atoms with Gasteiger partial charge in [0.2, 0.25) is 0 Å². The monoisotopic (exact) mass is 338 g/mol. The number of halogens is 1. The SMILES string of the molecule is Cn1nnc(Br)c1C(N)C12CC3CC(CC(C)(C3)C1)C2. The van der Waals surface area contributed by atoms with Crippen LogP contribution in [0.25, 0.3) is 0 Å². The Kier molecular flexibility index (Phi) is 2.70. The lowest BCUT2D eigenvalue weighted by molar-refractivity contribution is -0.114. The standard InChI is InChI=1S/C15H23BrN4/c1-14-4-9-3-10(5-14)7-15(6-9,8-14)12(17)11-13(16)18-19-20(11)2/h9-10,12H,3-8,17H2,1-2H3. The van der Waals surface area contributed by atoms with Crippen molar-refractivity contribution >= 4 is 15.9 Å². The van der Waals surface area contributed by atoms with Crippen molar-refractivity contribution < 1.29 is 0 Å². The third-order valence-corrected chi connectivity index (χ3v) is 6.74. The van der Waals surface area contributed by atoms with Crippen LogP contribution in [0.2, 0.25) is 0 Å². The predicted octanol–water partition coefficient (Wildman–Crippen LogP) is 3.18. The summed E-state index contributed by atoms with van der Waals surface area (Å²) in [5.41, 5.74) is 8.65. The normalized spacial score (nSPS) is 44.0. The smallest absolute Gasteiger partial charge is 0.153 e. The van der Waals surface area contributed by atoms with Gasteiger partial charge in [-0.3, -0.25) is 0 Å². The summed E-state index contributed by atoms with van der Waals surface area (Å²) < 4.78 is 2.68. The highest BCUT2D eigenvalue weighted by atomic mass is 79.9. The first-order valence-electron chi connectivity index (χ1n) is 7.71. The van der Waals surface area contributed by atoms with Gasteiger partial charge in [-0.1, -0.05) is 12.1 Å². The van der Waals surface area contributed by atoms with E-state index in [1.165, 1.54) is 38.5 Å². The molecule has 5 heteroatoms. The molecule has 0 radical (unpaired) electrons. The van der Waals surface area contributed by atoms with Gasteiger partial charge in [-0.05, 0) is 77.1 Å². The van der Waals surface area contributed by atoms with Gasteiger partial charge < -0.3 is 5.73 Å². The molecule has 0 aliphatic heterocycles. The van der Waals surface area contributed by atoms with Crippen LogP contribution in [0.15, 0.2) is 4.60 Å².